The van der Waals surface area contributed by atoms with Crippen LogP contribution in [0.4, 0.5) is 0 Å². The van der Waals surface area contributed by atoms with Gasteiger partial charge in [0.15, 0.2) is 0 Å². The van der Waals surface area contributed by atoms with Crippen molar-refractivity contribution in [2.45, 2.75) is 44.3 Å². The molecule has 12 heteroatoms. The Morgan fingerprint density at radius 1 is 1.21 bits per heavy atom. The number of amides is 5. The summed E-state index contributed by atoms with van der Waals surface area (Å²) in [5.41, 5.74) is 5.00. The second-order valence-corrected chi connectivity index (χ2v) is 8.00. The van der Waals surface area contributed by atoms with E-state index in [1.54, 1.807) is 11.8 Å². The summed E-state index contributed by atoms with van der Waals surface area (Å²) in [5.74, 6) is -1.69. The molecule has 5 amide bonds. The molecule has 1 unspecified atom stereocenters. The number of thioether (sulfide) groups is 1. The van der Waals surface area contributed by atoms with E-state index in [1.807, 2.05) is 6.26 Å². The number of thiol groups is 1. The summed E-state index contributed by atoms with van der Waals surface area (Å²) in [6.45, 7) is 1.39. The molecule has 0 spiro atoms. The van der Waals surface area contributed by atoms with Crippen molar-refractivity contribution in [1.29, 1.82) is 0 Å². The van der Waals surface area contributed by atoms with Crippen LogP contribution in [0.15, 0.2) is 0 Å². The lowest BCUT2D eigenvalue weighted by molar-refractivity contribution is -0.142. The van der Waals surface area contributed by atoms with Gasteiger partial charge < -0.3 is 26.6 Å². The molecule has 0 aromatic rings. The molecule has 29 heavy (non-hydrogen) atoms. The Hall–Kier alpha value is -1.95. The molecule has 1 saturated heterocycles. The largest absolute Gasteiger partial charge is 0.368 e. The molecule has 164 valence electrons. The first-order valence-corrected chi connectivity index (χ1v) is 11.3. The fraction of sp³-hybridized carbons (Fsp3) is 0.706. The number of carbonyl (C=O) groups is 5. The van der Waals surface area contributed by atoms with Crippen molar-refractivity contribution in [1.82, 2.24) is 20.9 Å². The first-order valence-electron chi connectivity index (χ1n) is 9.25. The Labute approximate surface area is 179 Å². The van der Waals surface area contributed by atoms with E-state index in [4.69, 9.17) is 5.73 Å². The zero-order chi connectivity index (χ0) is 22.0. The summed E-state index contributed by atoms with van der Waals surface area (Å²) in [5, 5.41) is 7.55. The lowest BCUT2D eigenvalue weighted by Gasteiger charge is -2.29. The van der Waals surface area contributed by atoms with Gasteiger partial charge in [-0.1, -0.05) is 0 Å². The molecule has 0 aliphatic carbocycles. The van der Waals surface area contributed by atoms with Gasteiger partial charge in [0, 0.05) is 19.2 Å². The van der Waals surface area contributed by atoms with E-state index in [9.17, 15) is 24.0 Å². The van der Waals surface area contributed by atoms with Crippen molar-refractivity contribution in [3.05, 3.63) is 0 Å². The average molecular weight is 448 g/mol. The summed E-state index contributed by atoms with van der Waals surface area (Å²) in [6, 6.07) is -2.40. The monoisotopic (exact) mass is 447 g/mol. The van der Waals surface area contributed by atoms with Crippen LogP contribution in [0.5, 0.6) is 0 Å². The molecule has 0 aromatic heterocycles. The number of nitrogens with two attached hydrogens (primary N) is 1. The quantitative estimate of drug-likeness (QED) is 0.237. The topological polar surface area (TPSA) is 151 Å². The molecule has 1 aliphatic heterocycles. The summed E-state index contributed by atoms with van der Waals surface area (Å²) in [6.07, 6.45) is 3.45. The van der Waals surface area contributed by atoms with Gasteiger partial charge in [0.05, 0.1) is 6.54 Å². The molecule has 0 aromatic carbocycles. The van der Waals surface area contributed by atoms with Gasteiger partial charge in [-0.15, -0.1) is 0 Å². The lowest BCUT2D eigenvalue weighted by Crippen LogP contribution is -2.57. The van der Waals surface area contributed by atoms with E-state index in [0.29, 0.717) is 31.6 Å². The number of carbonyl (C=O) groups excluding carboxylic acids is 5. The van der Waals surface area contributed by atoms with Gasteiger partial charge in [0.1, 0.15) is 18.1 Å². The minimum Gasteiger partial charge on any atom is -0.368 e. The van der Waals surface area contributed by atoms with Gasteiger partial charge >= 0.3 is 0 Å². The fourth-order valence-corrected chi connectivity index (χ4v) is 3.73. The van der Waals surface area contributed by atoms with Crippen molar-refractivity contribution >= 4 is 53.9 Å². The van der Waals surface area contributed by atoms with Crippen LogP contribution in [0.2, 0.25) is 0 Å². The number of hydrogen-bond donors (Lipinski definition) is 5. The van der Waals surface area contributed by atoms with Crippen molar-refractivity contribution in [3.63, 3.8) is 0 Å². The Morgan fingerprint density at radius 3 is 2.45 bits per heavy atom. The third kappa shape index (κ3) is 8.13. The molecule has 0 bridgehead atoms. The van der Waals surface area contributed by atoms with Crippen LogP contribution in [-0.4, -0.2) is 83.4 Å². The summed E-state index contributed by atoms with van der Waals surface area (Å²) in [4.78, 5) is 61.5. The van der Waals surface area contributed by atoms with E-state index in [0.717, 1.165) is 0 Å². The van der Waals surface area contributed by atoms with E-state index >= 15 is 0 Å². The van der Waals surface area contributed by atoms with Crippen LogP contribution in [0, 0.1) is 0 Å². The fourth-order valence-electron chi connectivity index (χ4n) is 3.00. The third-order valence-electron chi connectivity index (χ3n) is 4.38. The average Bonchev–Trinajstić information content (AvgIpc) is 3.16. The lowest BCUT2D eigenvalue weighted by atomic mass is 10.1. The van der Waals surface area contributed by atoms with E-state index < -0.39 is 35.8 Å². The van der Waals surface area contributed by atoms with Crippen molar-refractivity contribution in [2.24, 2.45) is 5.73 Å². The molecule has 10 nitrogen and oxygen atoms in total. The number of rotatable bonds is 11. The summed E-state index contributed by atoms with van der Waals surface area (Å²) >= 11 is 5.62. The minimum atomic E-state index is -0.967. The summed E-state index contributed by atoms with van der Waals surface area (Å²) < 4.78 is 0. The molecule has 1 fully saturated rings. The highest BCUT2D eigenvalue weighted by atomic mass is 32.2. The smallest absolute Gasteiger partial charge is 0.245 e. The highest BCUT2D eigenvalue weighted by Crippen LogP contribution is 2.20. The Kier molecular flexibility index (Phi) is 10.9. The third-order valence-corrected chi connectivity index (χ3v) is 5.39. The first kappa shape index (κ1) is 25.1. The first-order chi connectivity index (χ1) is 13.7. The van der Waals surface area contributed by atoms with Crippen LogP contribution in [0.3, 0.4) is 0 Å². The predicted molar refractivity (Wildman–Crippen MR) is 113 cm³/mol. The zero-order valence-corrected chi connectivity index (χ0v) is 18.3. The Balaban J connectivity index is 2.80. The maximum atomic E-state index is 12.9. The molecular formula is C17H29N5O5S2. The predicted octanol–water partition coefficient (Wildman–Crippen LogP) is -1.75. The van der Waals surface area contributed by atoms with Gasteiger partial charge in [-0.2, -0.15) is 24.4 Å². The molecule has 1 rings (SSSR count). The molecule has 5 N–H and O–H groups in total. The van der Waals surface area contributed by atoms with Gasteiger partial charge in [0.25, 0.3) is 0 Å². The Morgan fingerprint density at radius 2 is 1.90 bits per heavy atom. The second kappa shape index (κ2) is 12.6. The van der Waals surface area contributed by atoms with Gasteiger partial charge in [-0.25, -0.2) is 0 Å². The number of nitrogens with zero attached hydrogens (tertiary/aromatic N) is 1. The van der Waals surface area contributed by atoms with E-state index in [2.05, 4.69) is 28.6 Å². The molecule has 1 heterocycles. The summed E-state index contributed by atoms with van der Waals surface area (Å²) in [7, 11) is 0. The molecule has 0 saturated carbocycles. The van der Waals surface area contributed by atoms with Crippen molar-refractivity contribution in [3.8, 4) is 0 Å². The molecule has 0 radical (unpaired) electrons. The highest BCUT2D eigenvalue weighted by molar-refractivity contribution is 7.98. The van der Waals surface area contributed by atoms with Gasteiger partial charge in [0.2, 0.25) is 29.5 Å². The number of likely N-dealkylation sites (tertiary alicyclic amines) is 1. The normalized spacial score (nSPS) is 17.9. The molecule has 1 aliphatic rings. The second-order valence-electron chi connectivity index (χ2n) is 6.65. The maximum absolute atomic E-state index is 12.9. The SMILES string of the molecule is CSCC[C@H](NC(C)=O)C(=O)N1CCCC1C(=O)N[C@H](CS)C(=O)NCC(N)=O. The molecule has 3 atom stereocenters. The molecular weight excluding hydrogens is 418 g/mol. The van der Waals surface area contributed by atoms with Crippen LogP contribution >= 0.6 is 24.4 Å². The van der Waals surface area contributed by atoms with E-state index in [-0.39, 0.29) is 24.1 Å². The standard InChI is InChI=1S/C17H29N5O5S2/c1-10(23)20-11(5-7-29-2)17(27)22-6-3-4-13(22)16(26)21-12(9-28)15(25)19-8-14(18)24/h11-13,28H,3-9H2,1-2H3,(H2,18,24)(H,19,25)(H,20,23)(H,21,26)/t11-,12+,13?/m0/s1. The number of hydrogen-bond acceptors (Lipinski definition) is 7. The number of nitrogens with one attached hydrogen (secondary N) is 3. The van der Waals surface area contributed by atoms with Crippen LogP contribution in [0.25, 0.3) is 0 Å². The Bertz CT molecular complexity index is 633. The van der Waals surface area contributed by atoms with Gasteiger partial charge in [-0.05, 0) is 31.3 Å². The maximum Gasteiger partial charge on any atom is 0.245 e. The minimum absolute atomic E-state index is 0.0131. The van der Waals surface area contributed by atoms with Crippen LogP contribution < -0.4 is 21.7 Å². The highest BCUT2D eigenvalue weighted by Gasteiger charge is 2.38. The van der Waals surface area contributed by atoms with Crippen molar-refractivity contribution < 1.29 is 24.0 Å². The van der Waals surface area contributed by atoms with Crippen LogP contribution in [0.1, 0.15) is 26.2 Å². The van der Waals surface area contributed by atoms with Crippen molar-refractivity contribution in [2.75, 3.05) is 30.9 Å². The van der Waals surface area contributed by atoms with Crippen LogP contribution in [-0.2, 0) is 24.0 Å². The van der Waals surface area contributed by atoms with Gasteiger partial charge in [-0.3, -0.25) is 24.0 Å². The van der Waals surface area contributed by atoms with E-state index in [1.165, 1.54) is 11.8 Å². The number of primary amides is 1. The zero-order valence-electron chi connectivity index (χ0n) is 16.6.